The van der Waals surface area contributed by atoms with Gasteiger partial charge >= 0.3 is 0 Å². The molecule has 1 aromatic rings. The summed E-state index contributed by atoms with van der Waals surface area (Å²) < 4.78 is 10.5. The van der Waals surface area contributed by atoms with Crippen molar-refractivity contribution < 1.29 is 14.6 Å². The Morgan fingerprint density at radius 3 is 3.00 bits per heavy atom. The van der Waals surface area contributed by atoms with Crippen molar-refractivity contribution in [1.29, 1.82) is 0 Å². The second kappa shape index (κ2) is 3.26. The normalized spacial score (nSPS) is 19.9. The van der Waals surface area contributed by atoms with Crippen LogP contribution in [0.3, 0.4) is 0 Å². The van der Waals surface area contributed by atoms with E-state index in [1.165, 1.54) is 6.07 Å². The molecule has 0 N–H and O–H groups in total. The lowest BCUT2D eigenvalue weighted by Gasteiger charge is -2.06. The topological polar surface area (TPSA) is 41.7 Å². The summed E-state index contributed by atoms with van der Waals surface area (Å²) in [6, 6.07) is 4.79. The molecular weight excluding hydrogens is 168 g/mol. The molecule has 0 saturated carbocycles. The highest BCUT2D eigenvalue weighted by Gasteiger charge is 2.23. The standard InChI is InChI=1S/C10H11O3/c1-7-4-8(11)2-3-10(7)13-6-9-5-12-9/h2-4,9H,5-6H2,1H3. The maximum atomic E-state index is 10.9. The number of epoxide rings is 1. The Morgan fingerprint density at radius 1 is 1.62 bits per heavy atom. The molecule has 3 nitrogen and oxygen atoms in total. The Kier molecular flexibility index (Phi) is 2.10. The Labute approximate surface area is 76.9 Å². The summed E-state index contributed by atoms with van der Waals surface area (Å²) in [4.78, 5) is 0. The first-order chi connectivity index (χ1) is 6.25. The molecule has 0 spiro atoms. The van der Waals surface area contributed by atoms with E-state index in [9.17, 15) is 5.11 Å². The van der Waals surface area contributed by atoms with Crippen LogP contribution < -0.4 is 4.74 Å². The maximum Gasteiger partial charge on any atom is 0.179 e. The van der Waals surface area contributed by atoms with Crippen molar-refractivity contribution in [3.63, 3.8) is 0 Å². The van der Waals surface area contributed by atoms with Crippen molar-refractivity contribution in [2.45, 2.75) is 13.0 Å². The molecule has 1 saturated heterocycles. The van der Waals surface area contributed by atoms with Crippen LogP contribution in [0.2, 0.25) is 0 Å². The lowest BCUT2D eigenvalue weighted by Crippen LogP contribution is -2.04. The first-order valence-corrected chi connectivity index (χ1v) is 4.28. The molecule has 1 fully saturated rings. The summed E-state index contributed by atoms with van der Waals surface area (Å²) in [5.74, 6) is 0.794. The summed E-state index contributed by atoms with van der Waals surface area (Å²) in [6.07, 6.45) is 0.256. The molecule has 1 aliphatic rings. The van der Waals surface area contributed by atoms with Crippen LogP contribution in [-0.4, -0.2) is 19.3 Å². The van der Waals surface area contributed by atoms with Gasteiger partial charge in [0.1, 0.15) is 18.5 Å². The molecule has 2 rings (SSSR count). The first kappa shape index (κ1) is 8.38. The molecule has 1 atom stereocenters. The second-order valence-electron chi connectivity index (χ2n) is 3.19. The molecule has 1 aliphatic heterocycles. The van der Waals surface area contributed by atoms with Gasteiger partial charge in [-0.15, -0.1) is 0 Å². The SMILES string of the molecule is Cc1cc([O])ccc1OCC1CO1. The second-order valence-corrected chi connectivity index (χ2v) is 3.19. The van der Waals surface area contributed by atoms with Crippen molar-refractivity contribution in [1.82, 2.24) is 0 Å². The molecule has 1 heterocycles. The highest BCUT2D eigenvalue weighted by molar-refractivity contribution is 5.38. The van der Waals surface area contributed by atoms with Crippen molar-refractivity contribution in [3.8, 4) is 11.5 Å². The molecule has 3 heteroatoms. The van der Waals surface area contributed by atoms with Crippen LogP contribution in [0.4, 0.5) is 0 Å². The third-order valence-corrected chi connectivity index (χ3v) is 1.97. The Balaban J connectivity index is 2.01. The van der Waals surface area contributed by atoms with Gasteiger partial charge in [0.2, 0.25) is 0 Å². The van der Waals surface area contributed by atoms with E-state index in [0.29, 0.717) is 6.61 Å². The largest absolute Gasteiger partial charge is 0.491 e. The minimum absolute atomic E-state index is 0.0209. The quantitative estimate of drug-likeness (QED) is 0.665. The number of hydrogen-bond donors (Lipinski definition) is 0. The summed E-state index contributed by atoms with van der Waals surface area (Å²) in [5, 5.41) is 10.9. The zero-order valence-corrected chi connectivity index (χ0v) is 7.45. The Hall–Kier alpha value is -1.22. The van der Waals surface area contributed by atoms with Gasteiger partial charge < -0.3 is 9.47 Å². The van der Waals surface area contributed by atoms with Crippen LogP contribution in [0.1, 0.15) is 5.56 Å². The zero-order valence-electron chi connectivity index (χ0n) is 7.45. The Morgan fingerprint density at radius 2 is 2.38 bits per heavy atom. The number of benzene rings is 1. The van der Waals surface area contributed by atoms with E-state index >= 15 is 0 Å². The number of rotatable bonds is 3. The van der Waals surface area contributed by atoms with Gasteiger partial charge in [-0.25, -0.2) is 0 Å². The molecule has 1 aromatic carbocycles. The van der Waals surface area contributed by atoms with E-state index in [-0.39, 0.29) is 11.9 Å². The molecule has 1 radical (unpaired) electrons. The lowest BCUT2D eigenvalue weighted by molar-refractivity contribution is 0.261. The predicted molar refractivity (Wildman–Crippen MR) is 46.5 cm³/mol. The van der Waals surface area contributed by atoms with Gasteiger partial charge in [-0.05, 0) is 30.7 Å². The van der Waals surface area contributed by atoms with E-state index in [4.69, 9.17) is 9.47 Å². The van der Waals surface area contributed by atoms with E-state index in [2.05, 4.69) is 0 Å². The third kappa shape index (κ3) is 2.12. The highest BCUT2D eigenvalue weighted by Crippen LogP contribution is 2.23. The van der Waals surface area contributed by atoms with Crippen molar-refractivity contribution in [3.05, 3.63) is 23.8 Å². The zero-order chi connectivity index (χ0) is 9.26. The van der Waals surface area contributed by atoms with Crippen LogP contribution >= 0.6 is 0 Å². The summed E-state index contributed by atoms with van der Waals surface area (Å²) in [7, 11) is 0. The number of aryl methyl sites for hydroxylation is 1. The fourth-order valence-corrected chi connectivity index (χ4v) is 1.13. The average Bonchev–Trinajstić information content (AvgIpc) is 2.86. The molecule has 13 heavy (non-hydrogen) atoms. The van der Waals surface area contributed by atoms with E-state index < -0.39 is 0 Å². The van der Waals surface area contributed by atoms with Gasteiger partial charge in [0.25, 0.3) is 0 Å². The first-order valence-electron chi connectivity index (χ1n) is 4.28. The molecule has 0 aliphatic carbocycles. The van der Waals surface area contributed by atoms with Crippen molar-refractivity contribution >= 4 is 0 Å². The summed E-state index contributed by atoms with van der Waals surface area (Å²) in [5.41, 5.74) is 0.883. The monoisotopic (exact) mass is 179 g/mol. The minimum Gasteiger partial charge on any atom is -0.491 e. The van der Waals surface area contributed by atoms with Gasteiger partial charge in [0.15, 0.2) is 5.75 Å². The summed E-state index contributed by atoms with van der Waals surface area (Å²) in [6.45, 7) is 3.24. The van der Waals surface area contributed by atoms with Crippen LogP contribution in [0.25, 0.3) is 0 Å². The minimum atomic E-state index is 0.0209. The fraction of sp³-hybridized carbons (Fsp3) is 0.400. The van der Waals surface area contributed by atoms with Crippen molar-refractivity contribution in [2.75, 3.05) is 13.2 Å². The molecule has 69 valence electrons. The van der Waals surface area contributed by atoms with Gasteiger partial charge in [0, 0.05) is 0 Å². The fourth-order valence-electron chi connectivity index (χ4n) is 1.13. The Bertz CT molecular complexity index is 305. The third-order valence-electron chi connectivity index (χ3n) is 1.97. The molecule has 1 unspecified atom stereocenters. The molecular formula is C10H11O3. The van der Waals surface area contributed by atoms with E-state index in [0.717, 1.165) is 17.9 Å². The van der Waals surface area contributed by atoms with E-state index in [1.54, 1.807) is 12.1 Å². The molecule has 0 bridgehead atoms. The van der Waals surface area contributed by atoms with Crippen molar-refractivity contribution in [2.24, 2.45) is 0 Å². The smallest absolute Gasteiger partial charge is 0.179 e. The van der Waals surface area contributed by atoms with Crippen LogP contribution in [0, 0.1) is 6.92 Å². The van der Waals surface area contributed by atoms with Crippen LogP contribution in [-0.2, 0) is 9.84 Å². The predicted octanol–water partition coefficient (Wildman–Crippen LogP) is 1.92. The van der Waals surface area contributed by atoms with Gasteiger partial charge in [-0.3, -0.25) is 5.11 Å². The van der Waals surface area contributed by atoms with Gasteiger partial charge in [0.05, 0.1) is 6.61 Å². The number of ether oxygens (including phenoxy) is 2. The molecule has 0 aromatic heterocycles. The number of hydrogen-bond acceptors (Lipinski definition) is 2. The molecule has 0 amide bonds. The van der Waals surface area contributed by atoms with Crippen LogP contribution in [0.15, 0.2) is 18.2 Å². The van der Waals surface area contributed by atoms with Gasteiger partial charge in [-0.2, -0.15) is 0 Å². The maximum absolute atomic E-state index is 10.9. The average molecular weight is 179 g/mol. The van der Waals surface area contributed by atoms with E-state index in [1.807, 2.05) is 6.92 Å². The van der Waals surface area contributed by atoms with Gasteiger partial charge in [-0.1, -0.05) is 0 Å². The van der Waals surface area contributed by atoms with Crippen LogP contribution in [0.5, 0.6) is 11.5 Å². The summed E-state index contributed by atoms with van der Waals surface area (Å²) >= 11 is 0. The highest BCUT2D eigenvalue weighted by atomic mass is 16.6. The lowest BCUT2D eigenvalue weighted by atomic mass is 10.2.